The van der Waals surface area contributed by atoms with Gasteiger partial charge in [0.05, 0.1) is 11.1 Å². The molecule has 4 nitrogen and oxygen atoms in total. The highest BCUT2D eigenvalue weighted by molar-refractivity contribution is 6.05. The molecule has 5 aromatic carbocycles. The van der Waals surface area contributed by atoms with Crippen LogP contribution in [0.25, 0.3) is 21.5 Å². The zero-order valence-electron chi connectivity index (χ0n) is 21.9. The van der Waals surface area contributed by atoms with E-state index in [1.165, 1.54) is 11.1 Å². The highest BCUT2D eigenvalue weighted by Crippen LogP contribution is 2.62. The maximum atomic E-state index is 13.7. The minimum Gasteiger partial charge on any atom is -0.454 e. The fourth-order valence-electron chi connectivity index (χ4n) is 7.95. The Hall–Kier alpha value is -4.44. The number of esters is 2. The molecule has 2 saturated carbocycles. The first-order valence-electron chi connectivity index (χ1n) is 14.1. The molecule has 0 aromatic heterocycles. The zero-order valence-corrected chi connectivity index (χ0v) is 21.9. The Morgan fingerprint density at radius 1 is 0.550 bits per heavy atom. The van der Waals surface area contributed by atoms with E-state index in [9.17, 15) is 9.59 Å². The van der Waals surface area contributed by atoms with Crippen molar-refractivity contribution >= 4 is 33.5 Å². The molecule has 8 rings (SSSR count). The Balaban J connectivity index is 1.16. The van der Waals surface area contributed by atoms with E-state index in [2.05, 4.69) is 24.3 Å². The molecule has 196 valence electrons. The van der Waals surface area contributed by atoms with E-state index in [-0.39, 0.29) is 23.8 Å². The molecule has 5 aromatic rings. The maximum Gasteiger partial charge on any atom is 0.339 e. The van der Waals surface area contributed by atoms with Crippen molar-refractivity contribution in [2.75, 3.05) is 0 Å². The average Bonchev–Trinajstić information content (AvgIpc) is 3.66. The van der Waals surface area contributed by atoms with E-state index in [0.29, 0.717) is 23.0 Å². The summed E-state index contributed by atoms with van der Waals surface area (Å²) in [5.74, 6) is 0.254. The molecule has 2 fully saturated rings. The van der Waals surface area contributed by atoms with Gasteiger partial charge in [0.25, 0.3) is 0 Å². The van der Waals surface area contributed by atoms with Crippen molar-refractivity contribution in [1.82, 2.24) is 0 Å². The molecule has 40 heavy (non-hydrogen) atoms. The minimum absolute atomic E-state index is 0.114. The van der Waals surface area contributed by atoms with Crippen LogP contribution < -0.4 is 0 Å². The number of carbonyl (C=O) groups excluding carboxylic acids is 2. The number of rotatable bonds is 4. The van der Waals surface area contributed by atoms with Gasteiger partial charge >= 0.3 is 11.9 Å². The van der Waals surface area contributed by atoms with Crippen molar-refractivity contribution in [3.63, 3.8) is 0 Å². The van der Waals surface area contributed by atoms with Gasteiger partial charge in [-0.1, -0.05) is 97.1 Å². The molecule has 3 aliphatic rings. The lowest BCUT2D eigenvalue weighted by Gasteiger charge is -2.37. The largest absolute Gasteiger partial charge is 0.454 e. The van der Waals surface area contributed by atoms with Gasteiger partial charge in [-0.2, -0.15) is 0 Å². The third-order valence-electron chi connectivity index (χ3n) is 9.56. The number of fused-ring (bicyclic) bond motifs is 9. The van der Waals surface area contributed by atoms with Crippen LogP contribution in [0.3, 0.4) is 0 Å². The molecule has 0 N–H and O–H groups in total. The second-order valence-corrected chi connectivity index (χ2v) is 11.4. The normalized spacial score (nSPS) is 26.0. The number of hydrogen-bond acceptors (Lipinski definition) is 4. The maximum absolute atomic E-state index is 13.7. The van der Waals surface area contributed by atoms with Crippen molar-refractivity contribution in [2.45, 2.75) is 31.0 Å². The monoisotopic (exact) mass is 524 g/mol. The van der Waals surface area contributed by atoms with Crippen LogP contribution in [-0.4, -0.2) is 24.1 Å². The molecule has 4 heteroatoms. The van der Waals surface area contributed by atoms with Crippen LogP contribution in [0, 0.1) is 17.8 Å². The number of carbonyl (C=O) groups is 2. The minimum atomic E-state index is -0.497. The SMILES string of the molecule is O=C(O[C@@H]1C2CC(C3c4ccccc4CC32)[C@@H]1OC(=O)c1cccc2ccccc12)c1cccc2ccccc12. The molecule has 0 spiro atoms. The van der Waals surface area contributed by atoms with Crippen LogP contribution in [0.5, 0.6) is 0 Å². The van der Waals surface area contributed by atoms with E-state index in [1.54, 1.807) is 0 Å². The Bertz CT molecular complexity index is 1800. The molecule has 0 aliphatic heterocycles. The zero-order chi connectivity index (χ0) is 26.8. The van der Waals surface area contributed by atoms with E-state index in [1.807, 2.05) is 84.9 Å². The van der Waals surface area contributed by atoms with E-state index < -0.39 is 12.2 Å². The van der Waals surface area contributed by atoms with Gasteiger partial charge < -0.3 is 9.47 Å². The summed E-state index contributed by atoms with van der Waals surface area (Å²) >= 11 is 0. The van der Waals surface area contributed by atoms with Crippen molar-refractivity contribution in [3.8, 4) is 0 Å². The molecule has 4 unspecified atom stereocenters. The molecular formula is C36H28O4. The van der Waals surface area contributed by atoms with Crippen LogP contribution in [0.1, 0.15) is 44.2 Å². The first kappa shape index (κ1) is 23.4. The Morgan fingerprint density at radius 3 is 1.73 bits per heavy atom. The summed E-state index contributed by atoms with van der Waals surface area (Å²) in [6.45, 7) is 0. The lowest BCUT2D eigenvalue weighted by molar-refractivity contribution is -0.0696. The second-order valence-electron chi connectivity index (χ2n) is 11.4. The van der Waals surface area contributed by atoms with Gasteiger partial charge in [0.15, 0.2) is 0 Å². The topological polar surface area (TPSA) is 52.6 Å². The first-order valence-corrected chi connectivity index (χ1v) is 14.1. The Kier molecular flexibility index (Phi) is 5.31. The smallest absolute Gasteiger partial charge is 0.339 e. The number of hydrogen-bond donors (Lipinski definition) is 0. The van der Waals surface area contributed by atoms with Crippen LogP contribution in [0.15, 0.2) is 109 Å². The summed E-state index contributed by atoms with van der Waals surface area (Å²) in [5, 5.41) is 3.73. The molecule has 0 radical (unpaired) electrons. The Morgan fingerprint density at radius 2 is 1.07 bits per heavy atom. The lowest BCUT2D eigenvalue weighted by atomic mass is 9.76. The summed E-state index contributed by atoms with van der Waals surface area (Å²) in [6.07, 6.45) is 0.896. The molecule has 0 saturated heterocycles. The third kappa shape index (κ3) is 3.52. The number of benzene rings is 5. The summed E-state index contributed by atoms with van der Waals surface area (Å²) in [7, 11) is 0. The van der Waals surface area contributed by atoms with E-state index in [4.69, 9.17) is 9.47 Å². The molecule has 3 aliphatic carbocycles. The molecule has 0 heterocycles. The molecule has 0 amide bonds. The van der Waals surface area contributed by atoms with Gasteiger partial charge in [0, 0.05) is 11.8 Å². The summed E-state index contributed by atoms with van der Waals surface area (Å²) in [5.41, 5.74) is 3.83. The Labute approximate surface area is 232 Å². The second kappa shape index (κ2) is 9.06. The van der Waals surface area contributed by atoms with Crippen molar-refractivity contribution in [2.24, 2.45) is 17.8 Å². The number of ether oxygens (including phenoxy) is 2. The summed E-state index contributed by atoms with van der Waals surface area (Å²) in [4.78, 5) is 27.5. The van der Waals surface area contributed by atoms with Gasteiger partial charge in [0.1, 0.15) is 12.2 Å². The lowest BCUT2D eigenvalue weighted by Crippen LogP contribution is -2.45. The van der Waals surface area contributed by atoms with Crippen molar-refractivity contribution in [1.29, 1.82) is 0 Å². The molecular weight excluding hydrogens is 496 g/mol. The molecule has 6 atom stereocenters. The molecule has 2 bridgehead atoms. The van der Waals surface area contributed by atoms with Gasteiger partial charge in [-0.25, -0.2) is 9.59 Å². The highest BCUT2D eigenvalue weighted by Gasteiger charge is 2.63. The quantitative estimate of drug-likeness (QED) is 0.231. The average molecular weight is 525 g/mol. The van der Waals surface area contributed by atoms with Gasteiger partial charge in [0.2, 0.25) is 0 Å². The van der Waals surface area contributed by atoms with Crippen LogP contribution in [0.2, 0.25) is 0 Å². The van der Waals surface area contributed by atoms with Gasteiger partial charge in [-0.15, -0.1) is 0 Å². The van der Waals surface area contributed by atoms with E-state index >= 15 is 0 Å². The predicted molar refractivity (Wildman–Crippen MR) is 154 cm³/mol. The third-order valence-corrected chi connectivity index (χ3v) is 9.56. The van der Waals surface area contributed by atoms with Crippen molar-refractivity contribution in [3.05, 3.63) is 131 Å². The summed E-state index contributed by atoms with van der Waals surface area (Å²) < 4.78 is 12.8. The van der Waals surface area contributed by atoms with Crippen molar-refractivity contribution < 1.29 is 19.1 Å². The van der Waals surface area contributed by atoms with Crippen LogP contribution in [-0.2, 0) is 15.9 Å². The summed E-state index contributed by atoms with van der Waals surface area (Å²) in [6, 6.07) is 35.8. The van der Waals surface area contributed by atoms with Crippen LogP contribution >= 0.6 is 0 Å². The van der Waals surface area contributed by atoms with Crippen LogP contribution in [0.4, 0.5) is 0 Å². The highest BCUT2D eigenvalue weighted by atomic mass is 16.6. The predicted octanol–water partition coefficient (Wildman–Crippen LogP) is 7.35. The first-order chi connectivity index (χ1) is 19.7. The van der Waals surface area contributed by atoms with E-state index in [0.717, 1.165) is 34.4 Å². The van der Waals surface area contributed by atoms with Gasteiger partial charge in [-0.05, 0) is 69.5 Å². The standard InChI is InChI=1S/C36H28O4/c37-35(27-17-7-12-21-9-1-4-14-24(21)27)39-33-30-20-31(32-26-16-6-3-11-23(26)19-29(30)32)34(33)40-36(38)28-18-8-13-22-10-2-5-15-25(22)28/h1-18,29-34H,19-20H2/t29?,30?,31?,32?,33-,34+/m1/s1. The fraction of sp³-hybridized carbons (Fsp3) is 0.222. The fourth-order valence-corrected chi connectivity index (χ4v) is 7.95. The van der Waals surface area contributed by atoms with Gasteiger partial charge in [-0.3, -0.25) is 0 Å².